The second kappa shape index (κ2) is 5.88. The molecule has 0 fully saturated rings. The topological polar surface area (TPSA) is 12.9 Å². The predicted octanol–water partition coefficient (Wildman–Crippen LogP) is 8.38. The van der Waals surface area contributed by atoms with Gasteiger partial charge in [-0.2, -0.15) is 0 Å². The van der Waals surface area contributed by atoms with Crippen LogP contribution in [0.3, 0.4) is 0 Å². The normalized spacial score (nSPS) is 13.0. The molecule has 6 aromatic rings. The Morgan fingerprint density at radius 2 is 1.39 bits per heavy atom. The third-order valence-corrected chi connectivity index (χ3v) is 7.93. The molecule has 1 heterocycles. The first-order valence-corrected chi connectivity index (χ1v) is 11.7. The summed E-state index contributed by atoms with van der Waals surface area (Å²) in [5, 5.41) is 6.69. The molecular formula is C32H21N. The van der Waals surface area contributed by atoms with E-state index in [2.05, 4.69) is 80.6 Å². The molecule has 1 heteroatoms. The summed E-state index contributed by atoms with van der Waals surface area (Å²) in [5.41, 5.74) is 15.2. The first-order chi connectivity index (χ1) is 16.2. The molecule has 0 radical (unpaired) electrons. The molecule has 0 spiro atoms. The lowest BCUT2D eigenvalue weighted by Crippen LogP contribution is -1.91. The van der Waals surface area contributed by atoms with Gasteiger partial charge in [0.05, 0.1) is 5.52 Å². The standard InChI is InChI=1S/C32H21N/c1-17-13-19-14-20-15-26-27-16-28-22(11-6-12-33-28)24-9-5-10-25(32(24)27)30(26)18(2)29(20)31(19)23-8-4-3-7-21(17)23/h3-13,15-16H,14H2,1-2H3. The molecule has 33 heavy (non-hydrogen) atoms. The summed E-state index contributed by atoms with van der Waals surface area (Å²) in [5.74, 6) is 0. The molecule has 1 nitrogen and oxygen atoms in total. The number of rotatable bonds is 0. The Bertz CT molecular complexity index is 1860. The molecular weight excluding hydrogens is 398 g/mol. The Morgan fingerprint density at radius 3 is 2.30 bits per heavy atom. The molecule has 2 aliphatic carbocycles. The van der Waals surface area contributed by atoms with Crippen LogP contribution in [0.25, 0.3) is 65.8 Å². The molecule has 1 aromatic heterocycles. The molecule has 8 rings (SSSR count). The van der Waals surface area contributed by atoms with Crippen molar-refractivity contribution in [2.45, 2.75) is 20.3 Å². The lowest BCUT2D eigenvalue weighted by Gasteiger charge is -2.15. The molecule has 0 N–H and O–H groups in total. The highest BCUT2D eigenvalue weighted by Crippen LogP contribution is 2.55. The van der Waals surface area contributed by atoms with Gasteiger partial charge in [0.1, 0.15) is 0 Å². The highest BCUT2D eigenvalue weighted by molar-refractivity contribution is 6.24. The summed E-state index contributed by atoms with van der Waals surface area (Å²) in [6.45, 7) is 4.58. The van der Waals surface area contributed by atoms with Crippen LogP contribution >= 0.6 is 0 Å². The van der Waals surface area contributed by atoms with Crippen LogP contribution in [0.2, 0.25) is 0 Å². The number of aryl methyl sites for hydroxylation is 1. The maximum absolute atomic E-state index is 4.71. The number of pyridine rings is 1. The quantitative estimate of drug-likeness (QED) is 0.225. The Balaban J connectivity index is 1.52. The minimum Gasteiger partial charge on any atom is -0.256 e. The molecule has 154 valence electrons. The van der Waals surface area contributed by atoms with E-state index in [1.165, 1.54) is 82.6 Å². The number of hydrogen-bond acceptors (Lipinski definition) is 1. The minimum absolute atomic E-state index is 1.01. The highest BCUT2D eigenvalue weighted by Gasteiger charge is 2.31. The molecule has 0 amide bonds. The second-order valence-corrected chi connectivity index (χ2v) is 9.63. The number of nitrogens with zero attached hydrogens (tertiary/aromatic N) is 1. The smallest absolute Gasteiger partial charge is 0.0714 e. The van der Waals surface area contributed by atoms with E-state index in [1.54, 1.807) is 0 Å². The summed E-state index contributed by atoms with van der Waals surface area (Å²) in [6.07, 6.45) is 2.91. The van der Waals surface area contributed by atoms with Crippen molar-refractivity contribution in [1.82, 2.24) is 4.98 Å². The van der Waals surface area contributed by atoms with E-state index in [1.807, 2.05) is 12.3 Å². The Morgan fingerprint density at radius 1 is 0.606 bits per heavy atom. The van der Waals surface area contributed by atoms with Crippen LogP contribution in [0.15, 0.2) is 79.0 Å². The minimum atomic E-state index is 1.01. The van der Waals surface area contributed by atoms with E-state index in [-0.39, 0.29) is 0 Å². The number of benzene rings is 5. The van der Waals surface area contributed by atoms with Crippen molar-refractivity contribution in [2.24, 2.45) is 0 Å². The van der Waals surface area contributed by atoms with Crippen molar-refractivity contribution in [3.05, 3.63) is 101 Å². The SMILES string of the molecule is Cc1c2c(cc3c1-c1cccc4c1c-3cc1ncccc14)Cc1cc(C)c3ccccc3c1-2. The average molecular weight is 420 g/mol. The number of aromatic nitrogens is 1. The van der Waals surface area contributed by atoms with Crippen molar-refractivity contribution in [3.8, 4) is 33.4 Å². The molecule has 0 aliphatic heterocycles. The van der Waals surface area contributed by atoms with E-state index >= 15 is 0 Å². The van der Waals surface area contributed by atoms with E-state index < -0.39 is 0 Å². The van der Waals surface area contributed by atoms with E-state index in [9.17, 15) is 0 Å². The van der Waals surface area contributed by atoms with Gasteiger partial charge in [0.15, 0.2) is 0 Å². The van der Waals surface area contributed by atoms with E-state index in [4.69, 9.17) is 4.98 Å². The molecule has 0 saturated carbocycles. The van der Waals surface area contributed by atoms with Gasteiger partial charge in [0.2, 0.25) is 0 Å². The summed E-state index contributed by atoms with van der Waals surface area (Å²) in [4.78, 5) is 4.71. The molecule has 0 atom stereocenters. The van der Waals surface area contributed by atoms with Crippen molar-refractivity contribution < 1.29 is 0 Å². The average Bonchev–Trinajstić information content (AvgIpc) is 3.37. The van der Waals surface area contributed by atoms with E-state index in [0.717, 1.165) is 11.9 Å². The Hall–Kier alpha value is -3.97. The maximum atomic E-state index is 4.71. The van der Waals surface area contributed by atoms with Crippen LogP contribution in [-0.4, -0.2) is 4.98 Å². The lowest BCUT2D eigenvalue weighted by atomic mass is 9.88. The van der Waals surface area contributed by atoms with Crippen LogP contribution in [0.5, 0.6) is 0 Å². The Labute approximate surface area is 192 Å². The molecule has 5 aromatic carbocycles. The van der Waals surface area contributed by atoms with Gasteiger partial charge in [-0.05, 0) is 116 Å². The summed E-state index contributed by atoms with van der Waals surface area (Å²) >= 11 is 0. The number of fused-ring (bicyclic) bond motifs is 10. The molecule has 0 saturated heterocycles. The number of hydrogen-bond donors (Lipinski definition) is 0. The van der Waals surface area contributed by atoms with Gasteiger partial charge >= 0.3 is 0 Å². The monoisotopic (exact) mass is 419 g/mol. The van der Waals surface area contributed by atoms with E-state index in [0.29, 0.717) is 0 Å². The first kappa shape index (κ1) is 17.6. The van der Waals surface area contributed by atoms with Crippen LogP contribution in [0, 0.1) is 13.8 Å². The van der Waals surface area contributed by atoms with Gasteiger partial charge in [-0.25, -0.2) is 0 Å². The third-order valence-electron chi connectivity index (χ3n) is 7.93. The van der Waals surface area contributed by atoms with Crippen molar-refractivity contribution in [3.63, 3.8) is 0 Å². The zero-order valence-corrected chi connectivity index (χ0v) is 18.7. The van der Waals surface area contributed by atoms with Crippen molar-refractivity contribution >= 4 is 32.4 Å². The highest BCUT2D eigenvalue weighted by atomic mass is 14.6. The summed E-state index contributed by atoms with van der Waals surface area (Å²) in [6, 6.07) is 27.1. The van der Waals surface area contributed by atoms with Gasteiger partial charge < -0.3 is 0 Å². The largest absolute Gasteiger partial charge is 0.256 e. The van der Waals surface area contributed by atoms with Crippen LogP contribution in [0.4, 0.5) is 0 Å². The molecule has 0 unspecified atom stereocenters. The fourth-order valence-electron chi connectivity index (χ4n) is 6.66. The van der Waals surface area contributed by atoms with Crippen LogP contribution in [-0.2, 0) is 6.42 Å². The van der Waals surface area contributed by atoms with Gasteiger partial charge in [-0.3, -0.25) is 4.98 Å². The zero-order valence-electron chi connectivity index (χ0n) is 18.7. The third kappa shape index (κ3) is 2.06. The summed E-state index contributed by atoms with van der Waals surface area (Å²) < 4.78 is 0. The summed E-state index contributed by atoms with van der Waals surface area (Å²) in [7, 11) is 0. The van der Waals surface area contributed by atoms with Crippen molar-refractivity contribution in [1.29, 1.82) is 0 Å². The van der Waals surface area contributed by atoms with Crippen LogP contribution < -0.4 is 0 Å². The second-order valence-electron chi connectivity index (χ2n) is 9.63. The fraction of sp³-hybridized carbons (Fsp3) is 0.0938. The first-order valence-electron chi connectivity index (χ1n) is 11.7. The van der Waals surface area contributed by atoms with Crippen molar-refractivity contribution in [2.75, 3.05) is 0 Å². The lowest BCUT2D eigenvalue weighted by molar-refractivity contribution is 1.25. The molecule has 0 bridgehead atoms. The van der Waals surface area contributed by atoms with Gasteiger partial charge in [-0.1, -0.05) is 54.6 Å². The molecule has 2 aliphatic rings. The van der Waals surface area contributed by atoms with Gasteiger partial charge in [0.25, 0.3) is 0 Å². The van der Waals surface area contributed by atoms with Gasteiger partial charge in [0, 0.05) is 11.6 Å². The van der Waals surface area contributed by atoms with Crippen LogP contribution in [0.1, 0.15) is 22.3 Å². The Kier molecular flexibility index (Phi) is 3.13. The van der Waals surface area contributed by atoms with Gasteiger partial charge in [-0.15, -0.1) is 0 Å². The maximum Gasteiger partial charge on any atom is 0.0714 e. The zero-order chi connectivity index (χ0) is 21.8. The predicted molar refractivity (Wildman–Crippen MR) is 139 cm³/mol. The fourth-order valence-corrected chi connectivity index (χ4v) is 6.66.